The largest absolute Gasteiger partial charge is 0.256 e. The molecule has 2 heteroatoms. The first-order valence-corrected chi connectivity index (χ1v) is 4.53. The molecule has 0 aliphatic heterocycles. The van der Waals surface area contributed by atoms with Gasteiger partial charge in [-0.1, -0.05) is 24.3 Å². The summed E-state index contributed by atoms with van der Waals surface area (Å²) in [5, 5.41) is 0. The van der Waals surface area contributed by atoms with Crippen molar-refractivity contribution in [1.82, 2.24) is 0 Å². The van der Waals surface area contributed by atoms with Gasteiger partial charge in [-0.15, -0.1) is 0 Å². The number of halogens is 1. The van der Waals surface area contributed by atoms with E-state index in [0.717, 1.165) is 10.2 Å². The summed E-state index contributed by atoms with van der Waals surface area (Å²) in [4.78, 5) is 4.24. The molecule has 0 aliphatic carbocycles. The average molecular weight is 224 g/mol. The summed E-state index contributed by atoms with van der Waals surface area (Å²) in [6.07, 6.45) is 3.74. The Labute approximate surface area is 81.0 Å². The minimum absolute atomic E-state index is 0.969. The highest BCUT2D eigenvalue weighted by atomic mass is 79.9. The molecule has 0 N–H and O–H groups in total. The van der Waals surface area contributed by atoms with Gasteiger partial charge in [-0.3, -0.25) is 4.99 Å². The third kappa shape index (κ3) is 3.01. The molecule has 1 rings (SSSR count). The predicted molar refractivity (Wildman–Crippen MR) is 57.3 cm³/mol. The average Bonchev–Trinajstić information content (AvgIpc) is 2.16. The highest BCUT2D eigenvalue weighted by molar-refractivity contribution is 9.12. The van der Waals surface area contributed by atoms with E-state index in [1.807, 2.05) is 43.3 Å². The highest BCUT2D eigenvalue weighted by Gasteiger charge is 1.84. The second-order valence-electron chi connectivity index (χ2n) is 2.27. The van der Waals surface area contributed by atoms with E-state index in [4.69, 9.17) is 0 Å². The first-order chi connectivity index (χ1) is 5.83. The summed E-state index contributed by atoms with van der Waals surface area (Å²) in [6, 6.07) is 9.84. The van der Waals surface area contributed by atoms with Crippen LogP contribution in [0.15, 0.2) is 45.9 Å². The molecule has 0 amide bonds. The Morgan fingerprint density at radius 1 is 1.33 bits per heavy atom. The molecule has 0 bridgehead atoms. The van der Waals surface area contributed by atoms with Crippen LogP contribution in [0.4, 0.5) is 5.69 Å². The molecule has 12 heavy (non-hydrogen) atoms. The number of nitrogens with zero attached hydrogens (tertiary/aromatic N) is 1. The van der Waals surface area contributed by atoms with Crippen LogP contribution in [0.3, 0.4) is 0 Å². The number of aliphatic imine (C=N–C) groups is 1. The van der Waals surface area contributed by atoms with Gasteiger partial charge in [0.05, 0.1) is 5.69 Å². The molecule has 1 aromatic carbocycles. The lowest BCUT2D eigenvalue weighted by atomic mass is 10.3. The molecule has 1 nitrogen and oxygen atoms in total. The molecular formula is C10H10BrN. The molecule has 0 atom stereocenters. The Bertz CT molecular complexity index is 288. The van der Waals surface area contributed by atoms with Gasteiger partial charge in [-0.2, -0.15) is 0 Å². The van der Waals surface area contributed by atoms with Gasteiger partial charge in [0.1, 0.15) is 0 Å². The highest BCUT2D eigenvalue weighted by Crippen LogP contribution is 2.10. The number of hydrogen-bond acceptors (Lipinski definition) is 1. The van der Waals surface area contributed by atoms with E-state index in [9.17, 15) is 0 Å². The molecule has 0 aliphatic rings. The summed E-state index contributed by atoms with van der Waals surface area (Å²) in [5.41, 5.74) is 0.969. The van der Waals surface area contributed by atoms with Crippen molar-refractivity contribution in [2.75, 3.05) is 0 Å². The van der Waals surface area contributed by atoms with Crippen molar-refractivity contribution in [3.63, 3.8) is 0 Å². The lowest BCUT2D eigenvalue weighted by Gasteiger charge is -1.90. The number of rotatable bonds is 2. The summed E-state index contributed by atoms with van der Waals surface area (Å²) < 4.78 is 0.992. The Morgan fingerprint density at radius 2 is 2.00 bits per heavy atom. The summed E-state index contributed by atoms with van der Waals surface area (Å²) >= 11 is 3.35. The van der Waals surface area contributed by atoms with E-state index in [2.05, 4.69) is 20.9 Å². The van der Waals surface area contributed by atoms with Crippen molar-refractivity contribution in [2.45, 2.75) is 6.92 Å². The molecule has 0 saturated carbocycles. The first kappa shape index (κ1) is 9.20. The molecule has 0 heterocycles. The molecule has 0 aromatic heterocycles. The maximum Gasteiger partial charge on any atom is 0.0630 e. The topological polar surface area (TPSA) is 12.4 Å². The summed E-state index contributed by atoms with van der Waals surface area (Å²) in [7, 11) is 0. The van der Waals surface area contributed by atoms with Gasteiger partial charge in [0.2, 0.25) is 0 Å². The second-order valence-corrected chi connectivity index (χ2v) is 3.18. The number of allylic oxidation sites excluding steroid dienone is 2. The van der Waals surface area contributed by atoms with E-state index in [1.54, 1.807) is 6.21 Å². The molecular weight excluding hydrogens is 214 g/mol. The van der Waals surface area contributed by atoms with Gasteiger partial charge in [0.25, 0.3) is 0 Å². The van der Waals surface area contributed by atoms with Crippen LogP contribution in [0.25, 0.3) is 0 Å². The van der Waals surface area contributed by atoms with Crippen LogP contribution in [0, 0.1) is 0 Å². The number of benzene rings is 1. The number of hydrogen-bond donors (Lipinski definition) is 0. The Balaban J connectivity index is 2.70. The first-order valence-electron chi connectivity index (χ1n) is 3.74. The van der Waals surface area contributed by atoms with Crippen molar-refractivity contribution in [2.24, 2.45) is 4.99 Å². The third-order valence-corrected chi connectivity index (χ3v) is 2.03. The Hall–Kier alpha value is -0.890. The second kappa shape index (κ2) is 4.88. The van der Waals surface area contributed by atoms with Crippen molar-refractivity contribution >= 4 is 27.8 Å². The van der Waals surface area contributed by atoms with E-state index >= 15 is 0 Å². The van der Waals surface area contributed by atoms with Gasteiger partial charge in [-0.25, -0.2) is 0 Å². The molecule has 0 fully saturated rings. The normalized spacial score (nSPS) is 12.3. The van der Waals surface area contributed by atoms with Crippen LogP contribution >= 0.6 is 15.9 Å². The van der Waals surface area contributed by atoms with Crippen molar-refractivity contribution in [3.8, 4) is 0 Å². The Morgan fingerprint density at radius 3 is 2.58 bits per heavy atom. The number of para-hydroxylation sites is 1. The maximum absolute atomic E-state index is 4.24. The molecule has 0 unspecified atom stereocenters. The summed E-state index contributed by atoms with van der Waals surface area (Å²) in [5.74, 6) is 0. The summed E-state index contributed by atoms with van der Waals surface area (Å²) in [6.45, 7) is 1.96. The SMILES string of the molecule is CC=C(Br)C=Nc1ccccc1. The van der Waals surface area contributed by atoms with Crippen LogP contribution in [0.2, 0.25) is 0 Å². The van der Waals surface area contributed by atoms with Crippen molar-refractivity contribution in [3.05, 3.63) is 40.9 Å². The van der Waals surface area contributed by atoms with Gasteiger partial charge < -0.3 is 0 Å². The minimum atomic E-state index is 0.969. The van der Waals surface area contributed by atoms with E-state index < -0.39 is 0 Å². The molecule has 1 aromatic rings. The minimum Gasteiger partial charge on any atom is -0.256 e. The van der Waals surface area contributed by atoms with Crippen LogP contribution in [-0.2, 0) is 0 Å². The fourth-order valence-electron chi connectivity index (χ4n) is 0.725. The van der Waals surface area contributed by atoms with E-state index in [1.165, 1.54) is 0 Å². The van der Waals surface area contributed by atoms with Crippen molar-refractivity contribution in [1.29, 1.82) is 0 Å². The van der Waals surface area contributed by atoms with Crippen LogP contribution in [0.1, 0.15) is 6.92 Å². The zero-order valence-corrected chi connectivity index (χ0v) is 8.45. The van der Waals surface area contributed by atoms with Crippen LogP contribution in [-0.4, -0.2) is 6.21 Å². The maximum atomic E-state index is 4.24. The third-order valence-electron chi connectivity index (χ3n) is 1.37. The van der Waals surface area contributed by atoms with Gasteiger partial charge in [-0.05, 0) is 35.0 Å². The van der Waals surface area contributed by atoms with Gasteiger partial charge in [0.15, 0.2) is 0 Å². The monoisotopic (exact) mass is 223 g/mol. The van der Waals surface area contributed by atoms with Crippen molar-refractivity contribution < 1.29 is 0 Å². The Kier molecular flexibility index (Phi) is 3.74. The molecule has 0 saturated heterocycles. The lowest BCUT2D eigenvalue weighted by Crippen LogP contribution is -1.70. The van der Waals surface area contributed by atoms with E-state index in [-0.39, 0.29) is 0 Å². The lowest BCUT2D eigenvalue weighted by molar-refractivity contribution is 1.54. The molecule has 62 valence electrons. The molecule has 0 radical (unpaired) electrons. The fraction of sp³-hybridized carbons (Fsp3) is 0.100. The zero-order valence-electron chi connectivity index (χ0n) is 6.87. The standard InChI is InChI=1S/C10H10BrN/c1-2-9(11)8-12-10-6-4-3-5-7-10/h2-8H,1H3. The predicted octanol–water partition coefficient (Wildman–Crippen LogP) is 3.69. The van der Waals surface area contributed by atoms with E-state index in [0.29, 0.717) is 0 Å². The quantitative estimate of drug-likeness (QED) is 0.679. The van der Waals surface area contributed by atoms with Gasteiger partial charge in [0, 0.05) is 10.7 Å². The smallest absolute Gasteiger partial charge is 0.0630 e. The van der Waals surface area contributed by atoms with Gasteiger partial charge >= 0.3 is 0 Å². The fourth-order valence-corrected chi connectivity index (χ4v) is 0.827. The van der Waals surface area contributed by atoms with Crippen LogP contribution in [0.5, 0.6) is 0 Å². The van der Waals surface area contributed by atoms with Crippen LogP contribution < -0.4 is 0 Å². The zero-order chi connectivity index (χ0) is 8.81. The molecule has 0 spiro atoms.